The summed E-state index contributed by atoms with van der Waals surface area (Å²) in [6, 6.07) is 8.86. The van der Waals surface area contributed by atoms with Gasteiger partial charge < -0.3 is 28.3 Å². The van der Waals surface area contributed by atoms with Gasteiger partial charge in [0.05, 0.1) is 41.5 Å². The van der Waals surface area contributed by atoms with Crippen LogP contribution in [-0.2, 0) is 35.3 Å². The van der Waals surface area contributed by atoms with Crippen molar-refractivity contribution in [2.24, 2.45) is 7.05 Å². The number of phenols is 1. The van der Waals surface area contributed by atoms with Crippen molar-refractivity contribution >= 4 is 56.4 Å². The zero-order chi connectivity index (χ0) is 25.3. The molecule has 0 fully saturated rings. The summed E-state index contributed by atoms with van der Waals surface area (Å²) in [5.41, 5.74) is 2.09. The number of hydrogen-bond donors (Lipinski definition) is 1. The van der Waals surface area contributed by atoms with E-state index in [9.17, 15) is 14.5 Å². The zero-order valence-corrected chi connectivity index (χ0v) is 23.5. The molecule has 192 valence electrons. The van der Waals surface area contributed by atoms with Crippen molar-refractivity contribution in [2.45, 2.75) is 31.0 Å². The van der Waals surface area contributed by atoms with Crippen LogP contribution in [0.15, 0.2) is 52.1 Å². The number of hydrogen-bond acceptors (Lipinski definition) is 6. The van der Waals surface area contributed by atoms with Crippen molar-refractivity contribution in [1.82, 2.24) is 14.1 Å². The van der Waals surface area contributed by atoms with Crippen molar-refractivity contribution in [2.75, 3.05) is 13.7 Å². The average Bonchev–Trinajstić information content (AvgIpc) is 3.37. The Labute approximate surface area is 227 Å². The molecular weight excluding hydrogens is 570 g/mol. The molecule has 1 N–H and O–H groups in total. The first-order chi connectivity index (χ1) is 16.8. The van der Waals surface area contributed by atoms with E-state index in [0.29, 0.717) is 49.4 Å². The third-order valence-electron chi connectivity index (χ3n) is 5.95. The minimum Gasteiger partial charge on any atom is -0.611 e. The Kier molecular flexibility index (Phi) is 8.99. The molecule has 0 amide bonds. The third-order valence-corrected chi connectivity index (χ3v) is 7.92. The number of fused-ring (bicyclic) bond motifs is 1. The van der Waals surface area contributed by atoms with Gasteiger partial charge in [-0.05, 0) is 59.2 Å². The van der Waals surface area contributed by atoms with Crippen molar-refractivity contribution in [3.63, 3.8) is 0 Å². The smallest absolute Gasteiger partial charge is 0.340 e. The quantitative estimate of drug-likeness (QED) is 0.224. The maximum absolute atomic E-state index is 13.5. The van der Waals surface area contributed by atoms with Crippen molar-refractivity contribution in [3.05, 3.63) is 69.8 Å². The lowest BCUT2D eigenvalue weighted by atomic mass is 10.0. The number of aromatic nitrogens is 3. The summed E-state index contributed by atoms with van der Waals surface area (Å²) < 4.78 is 28.5. The highest BCUT2D eigenvalue weighted by atomic mass is 79.9. The van der Waals surface area contributed by atoms with E-state index in [1.165, 1.54) is 7.11 Å². The number of ether oxygens (including phenoxy) is 2. The molecule has 4 aromatic rings. The van der Waals surface area contributed by atoms with Gasteiger partial charge >= 0.3 is 5.97 Å². The molecule has 0 saturated carbocycles. The summed E-state index contributed by atoms with van der Waals surface area (Å²) in [6.07, 6.45) is 3.49. The first-order valence-electron chi connectivity index (χ1n) is 11.0. The lowest BCUT2D eigenvalue weighted by Crippen LogP contribution is -2.14. The van der Waals surface area contributed by atoms with Gasteiger partial charge in [0.15, 0.2) is 16.4 Å². The van der Waals surface area contributed by atoms with Gasteiger partial charge in [-0.15, -0.1) is 12.4 Å². The van der Waals surface area contributed by atoms with Crippen LogP contribution in [0, 0.1) is 6.92 Å². The van der Waals surface area contributed by atoms with Crippen LogP contribution in [0.2, 0.25) is 0 Å². The highest BCUT2D eigenvalue weighted by molar-refractivity contribution is 9.10. The second-order valence-electron chi connectivity index (χ2n) is 7.92. The van der Waals surface area contributed by atoms with Crippen LogP contribution in [0.4, 0.5) is 0 Å². The fraction of sp³-hybridized carbons (Fsp3) is 0.280. The third kappa shape index (κ3) is 5.08. The molecule has 4 rings (SSSR count). The number of phenolic OH excluding ortho intramolecular Hbond substituents is 1. The van der Waals surface area contributed by atoms with E-state index >= 15 is 0 Å². The molecule has 0 aliphatic carbocycles. The van der Waals surface area contributed by atoms with Gasteiger partial charge in [0, 0.05) is 30.4 Å². The van der Waals surface area contributed by atoms with Crippen LogP contribution < -0.4 is 4.74 Å². The van der Waals surface area contributed by atoms with Crippen LogP contribution in [0.25, 0.3) is 10.9 Å². The molecule has 11 heteroatoms. The monoisotopic (exact) mass is 595 g/mol. The van der Waals surface area contributed by atoms with Gasteiger partial charge in [-0.1, -0.05) is 12.1 Å². The van der Waals surface area contributed by atoms with Crippen LogP contribution in [0.3, 0.4) is 0 Å². The number of imidazole rings is 1. The highest BCUT2D eigenvalue weighted by Gasteiger charge is 2.31. The maximum Gasteiger partial charge on any atom is 0.340 e. The van der Waals surface area contributed by atoms with E-state index < -0.39 is 17.1 Å². The van der Waals surface area contributed by atoms with Gasteiger partial charge in [0.1, 0.15) is 11.6 Å². The van der Waals surface area contributed by atoms with Gasteiger partial charge in [-0.25, -0.2) is 9.78 Å². The molecule has 2 heterocycles. The van der Waals surface area contributed by atoms with Crippen LogP contribution >= 0.6 is 28.3 Å². The summed E-state index contributed by atoms with van der Waals surface area (Å²) in [5.74, 6) is 0.832. The molecule has 2 aromatic heterocycles. The van der Waals surface area contributed by atoms with E-state index in [2.05, 4.69) is 20.9 Å². The van der Waals surface area contributed by atoms with Crippen molar-refractivity contribution in [3.8, 4) is 11.5 Å². The predicted molar refractivity (Wildman–Crippen MR) is 145 cm³/mol. The maximum atomic E-state index is 13.5. The fourth-order valence-corrected chi connectivity index (χ4v) is 5.98. The minimum atomic E-state index is -1.51. The lowest BCUT2D eigenvalue weighted by molar-refractivity contribution is 0.0527. The average molecular weight is 597 g/mol. The standard InChI is InChI=1S/C25H26BrN3O5S.ClH/c1-5-34-25(31)23-19(14-35(32)21-9-7-6-8-20(21)33-4)28(3)18-12-17(26)24(30)16(22(18)23)13-29-11-10-27-15(29)2;/h6-12,30H,5,13-14H2,1-4H3;1H. The fourth-order valence-electron chi connectivity index (χ4n) is 4.17. The normalized spacial score (nSPS) is 11.8. The Bertz CT molecular complexity index is 1400. The van der Waals surface area contributed by atoms with Crippen LogP contribution in [0.5, 0.6) is 11.5 Å². The zero-order valence-electron chi connectivity index (χ0n) is 20.3. The van der Waals surface area contributed by atoms with Crippen molar-refractivity contribution < 1.29 is 23.9 Å². The minimum absolute atomic E-state index is 0. The Balaban J connectivity index is 0.00000361. The summed E-state index contributed by atoms with van der Waals surface area (Å²) in [7, 11) is 3.34. The Hall–Kier alpha value is -2.66. The topological polar surface area (TPSA) is 102 Å². The molecular formula is C25H27BrClN3O5S. The molecule has 0 spiro atoms. The van der Waals surface area contributed by atoms with E-state index in [1.54, 1.807) is 37.4 Å². The van der Waals surface area contributed by atoms with E-state index in [4.69, 9.17) is 9.47 Å². The number of para-hydroxylation sites is 1. The Morgan fingerprint density at radius 2 is 2.03 bits per heavy atom. The number of rotatable bonds is 8. The van der Waals surface area contributed by atoms with Gasteiger partial charge in [-0.3, -0.25) is 0 Å². The van der Waals surface area contributed by atoms with E-state index in [-0.39, 0.29) is 30.5 Å². The second-order valence-corrected chi connectivity index (χ2v) is 10.2. The predicted octanol–water partition coefficient (Wildman–Crippen LogP) is 5.11. The van der Waals surface area contributed by atoms with Crippen molar-refractivity contribution in [1.29, 1.82) is 0 Å². The Morgan fingerprint density at radius 3 is 2.67 bits per heavy atom. The summed E-state index contributed by atoms with van der Waals surface area (Å²) in [6.45, 7) is 4.08. The number of aromatic hydroxyl groups is 1. The summed E-state index contributed by atoms with van der Waals surface area (Å²) in [5, 5.41) is 11.6. The highest BCUT2D eigenvalue weighted by Crippen LogP contribution is 2.41. The molecule has 0 bridgehead atoms. The SMILES string of the molecule is CCOC(=O)c1c(C[S+]([O-])c2ccccc2OC)n(C)c2cc(Br)c(O)c(Cn3ccnc3C)c12.Cl. The number of halogens is 2. The molecule has 0 aliphatic heterocycles. The molecule has 2 aromatic carbocycles. The number of carbonyl (C=O) groups is 1. The number of benzene rings is 2. The number of methoxy groups -OCH3 is 1. The van der Waals surface area contributed by atoms with Gasteiger partial charge in [-0.2, -0.15) is 0 Å². The molecule has 1 atom stereocenters. The second kappa shape index (κ2) is 11.6. The molecule has 0 saturated heterocycles. The van der Waals surface area contributed by atoms with E-state index in [1.807, 2.05) is 35.4 Å². The number of esters is 1. The molecule has 36 heavy (non-hydrogen) atoms. The number of carbonyl (C=O) groups excluding carboxylic acids is 1. The lowest BCUT2D eigenvalue weighted by Gasteiger charge is -2.15. The summed E-state index contributed by atoms with van der Waals surface area (Å²) >= 11 is 1.94. The van der Waals surface area contributed by atoms with Crippen LogP contribution in [0.1, 0.15) is 34.4 Å². The Morgan fingerprint density at radius 1 is 1.31 bits per heavy atom. The first-order valence-corrected chi connectivity index (χ1v) is 13.1. The summed E-state index contributed by atoms with van der Waals surface area (Å²) in [4.78, 5) is 18.1. The van der Waals surface area contributed by atoms with Gasteiger partial charge in [0.25, 0.3) is 0 Å². The first kappa shape index (κ1) is 27.9. The number of nitrogens with zero attached hydrogens (tertiary/aromatic N) is 3. The molecule has 0 radical (unpaired) electrons. The molecule has 1 unspecified atom stereocenters. The van der Waals surface area contributed by atoms with Gasteiger partial charge in [0.2, 0.25) is 0 Å². The van der Waals surface area contributed by atoms with E-state index in [0.717, 1.165) is 5.82 Å². The largest absolute Gasteiger partial charge is 0.611 e. The molecule has 8 nitrogen and oxygen atoms in total. The molecule has 0 aliphatic rings. The number of aryl methyl sites for hydroxylation is 2. The van der Waals surface area contributed by atoms with Crippen LogP contribution in [-0.4, -0.2) is 43.5 Å².